The highest BCUT2D eigenvalue weighted by atomic mass is 16.5. The van der Waals surface area contributed by atoms with Gasteiger partial charge in [-0.15, -0.1) is 0 Å². The first kappa shape index (κ1) is 28.8. The van der Waals surface area contributed by atoms with Crippen molar-refractivity contribution in [1.29, 1.82) is 0 Å². The maximum Gasteiger partial charge on any atom is 0.119 e. The Morgan fingerprint density at radius 3 is 1.81 bits per heavy atom. The molecule has 4 atom stereocenters. The number of aliphatic hydroxyl groups excluding tert-OH is 5. The van der Waals surface area contributed by atoms with Crippen molar-refractivity contribution in [2.45, 2.75) is 102 Å². The van der Waals surface area contributed by atoms with Crippen LogP contribution >= 0.6 is 0 Å². The summed E-state index contributed by atoms with van der Waals surface area (Å²) in [5.74, 6) is 0.807. The molecule has 0 amide bonds. The summed E-state index contributed by atoms with van der Waals surface area (Å²) in [6.07, 6.45) is 6.79. The van der Waals surface area contributed by atoms with Gasteiger partial charge in [0.05, 0.1) is 26.4 Å². The zero-order chi connectivity index (χ0) is 23.6. The molecule has 7 heteroatoms. The number of hydrogen-bond donors (Lipinski definition) is 5. The fraction of sp³-hybridized carbons (Fsp3) is 0.760. The molecule has 7 nitrogen and oxygen atoms in total. The Labute approximate surface area is 193 Å². The van der Waals surface area contributed by atoms with E-state index in [1.54, 1.807) is 0 Å². The fourth-order valence-corrected chi connectivity index (χ4v) is 3.42. The van der Waals surface area contributed by atoms with Gasteiger partial charge in [0.1, 0.15) is 30.2 Å². The molecule has 0 fully saturated rings. The molecule has 186 valence electrons. The van der Waals surface area contributed by atoms with Crippen LogP contribution in [0.3, 0.4) is 0 Å². The van der Waals surface area contributed by atoms with Gasteiger partial charge in [0.15, 0.2) is 0 Å². The molecule has 0 spiro atoms. The predicted octanol–water partition coefficient (Wildman–Crippen LogP) is 2.94. The molecule has 0 aliphatic heterocycles. The van der Waals surface area contributed by atoms with Crippen molar-refractivity contribution in [2.75, 3.05) is 19.8 Å². The van der Waals surface area contributed by atoms with Crippen LogP contribution in [0.1, 0.15) is 76.7 Å². The number of hydrogen-bond acceptors (Lipinski definition) is 7. The lowest BCUT2D eigenvalue weighted by Crippen LogP contribution is -2.47. The molecule has 4 unspecified atom stereocenters. The summed E-state index contributed by atoms with van der Waals surface area (Å²) in [6, 6.07) is 7.51. The van der Waals surface area contributed by atoms with Crippen molar-refractivity contribution in [1.82, 2.24) is 0 Å². The first-order valence-corrected chi connectivity index (χ1v) is 12.1. The number of aliphatic hydroxyl groups is 5. The van der Waals surface area contributed by atoms with Crippen molar-refractivity contribution in [3.05, 3.63) is 29.8 Å². The third kappa shape index (κ3) is 12.7. The van der Waals surface area contributed by atoms with Crippen molar-refractivity contribution in [3.63, 3.8) is 0 Å². The molecule has 0 radical (unpaired) electrons. The number of benzene rings is 1. The quantitative estimate of drug-likeness (QED) is 0.191. The van der Waals surface area contributed by atoms with E-state index in [0.717, 1.165) is 17.7 Å². The molecular weight excluding hydrogens is 412 g/mol. The van der Waals surface area contributed by atoms with Gasteiger partial charge in [0.25, 0.3) is 0 Å². The SMILES string of the molecule is CCCCCCCCCCCCOc1ccc(COCC(O)C(O)C(O)C(O)CO)cc1. The molecule has 5 N–H and O–H groups in total. The molecule has 0 saturated carbocycles. The Hall–Kier alpha value is -1.22. The van der Waals surface area contributed by atoms with Gasteiger partial charge in [0, 0.05) is 0 Å². The van der Waals surface area contributed by atoms with Crippen LogP contribution in [0.5, 0.6) is 5.75 Å². The van der Waals surface area contributed by atoms with Crippen molar-refractivity contribution < 1.29 is 35.0 Å². The zero-order valence-electron chi connectivity index (χ0n) is 19.6. The second-order valence-electron chi connectivity index (χ2n) is 8.49. The van der Waals surface area contributed by atoms with Gasteiger partial charge < -0.3 is 35.0 Å². The summed E-state index contributed by atoms with van der Waals surface area (Å²) >= 11 is 0. The van der Waals surface area contributed by atoms with Crippen molar-refractivity contribution in [2.24, 2.45) is 0 Å². The predicted molar refractivity (Wildman–Crippen MR) is 125 cm³/mol. The van der Waals surface area contributed by atoms with Crippen LogP contribution < -0.4 is 4.74 Å². The van der Waals surface area contributed by atoms with Crippen LogP contribution in [0.25, 0.3) is 0 Å². The van der Waals surface area contributed by atoms with Gasteiger partial charge in [-0.2, -0.15) is 0 Å². The molecule has 1 aromatic rings. The van der Waals surface area contributed by atoms with E-state index in [1.807, 2.05) is 24.3 Å². The Bertz CT molecular complexity index is 552. The molecule has 0 aliphatic rings. The van der Waals surface area contributed by atoms with E-state index in [1.165, 1.54) is 57.8 Å². The van der Waals surface area contributed by atoms with Crippen LogP contribution in [0.15, 0.2) is 24.3 Å². The second kappa shape index (κ2) is 18.2. The van der Waals surface area contributed by atoms with Crippen LogP contribution in [0.4, 0.5) is 0 Å². The fourth-order valence-electron chi connectivity index (χ4n) is 3.42. The summed E-state index contributed by atoms with van der Waals surface area (Å²) < 4.78 is 11.2. The lowest BCUT2D eigenvalue weighted by atomic mass is 10.0. The van der Waals surface area contributed by atoms with E-state index in [2.05, 4.69) is 6.92 Å². The van der Waals surface area contributed by atoms with E-state index >= 15 is 0 Å². The smallest absolute Gasteiger partial charge is 0.119 e. The van der Waals surface area contributed by atoms with Crippen LogP contribution in [0.2, 0.25) is 0 Å². The standard InChI is InChI=1S/C25H44O7/c1-2-3-4-5-6-7-8-9-10-11-16-32-21-14-12-20(13-15-21)18-31-19-23(28)25(30)24(29)22(27)17-26/h12-15,22-30H,2-11,16-19H2,1H3. The highest BCUT2D eigenvalue weighted by molar-refractivity contribution is 5.26. The van der Waals surface area contributed by atoms with Crippen LogP contribution in [-0.4, -0.2) is 69.8 Å². The molecule has 0 aromatic heterocycles. The minimum atomic E-state index is -1.65. The number of unbranched alkanes of at least 4 members (excludes halogenated alkanes) is 9. The number of ether oxygens (including phenoxy) is 2. The van der Waals surface area contributed by atoms with Crippen molar-refractivity contribution >= 4 is 0 Å². The molecule has 0 bridgehead atoms. The minimum absolute atomic E-state index is 0.215. The van der Waals surface area contributed by atoms with Gasteiger partial charge >= 0.3 is 0 Å². The Morgan fingerprint density at radius 1 is 0.719 bits per heavy atom. The van der Waals surface area contributed by atoms with Crippen LogP contribution in [0, 0.1) is 0 Å². The van der Waals surface area contributed by atoms with Crippen molar-refractivity contribution in [3.8, 4) is 5.75 Å². The summed E-state index contributed by atoms with van der Waals surface area (Å²) in [7, 11) is 0. The third-order valence-electron chi connectivity index (χ3n) is 5.57. The monoisotopic (exact) mass is 456 g/mol. The third-order valence-corrected chi connectivity index (χ3v) is 5.57. The van der Waals surface area contributed by atoms with Gasteiger partial charge in [0.2, 0.25) is 0 Å². The summed E-state index contributed by atoms with van der Waals surface area (Å²) in [6.45, 7) is 2.25. The summed E-state index contributed by atoms with van der Waals surface area (Å²) in [5.41, 5.74) is 0.883. The molecule has 0 aliphatic carbocycles. The Morgan fingerprint density at radius 2 is 1.25 bits per heavy atom. The van der Waals surface area contributed by atoms with Gasteiger partial charge in [-0.05, 0) is 24.1 Å². The minimum Gasteiger partial charge on any atom is -0.494 e. The first-order chi connectivity index (χ1) is 15.5. The Kier molecular flexibility index (Phi) is 16.4. The zero-order valence-corrected chi connectivity index (χ0v) is 19.6. The van der Waals surface area contributed by atoms with Crippen LogP contribution in [-0.2, 0) is 11.3 Å². The highest BCUT2D eigenvalue weighted by Gasteiger charge is 2.30. The van der Waals surface area contributed by atoms with E-state index in [-0.39, 0.29) is 13.2 Å². The topological polar surface area (TPSA) is 120 Å². The molecule has 0 heterocycles. The second-order valence-corrected chi connectivity index (χ2v) is 8.49. The number of rotatable bonds is 20. The first-order valence-electron chi connectivity index (χ1n) is 12.1. The molecule has 1 rings (SSSR count). The molecular formula is C25H44O7. The van der Waals surface area contributed by atoms with E-state index in [9.17, 15) is 20.4 Å². The normalized spacial score (nSPS) is 15.3. The highest BCUT2D eigenvalue weighted by Crippen LogP contribution is 2.15. The summed E-state index contributed by atoms with van der Waals surface area (Å²) in [4.78, 5) is 0. The largest absolute Gasteiger partial charge is 0.494 e. The average molecular weight is 457 g/mol. The van der Waals surface area contributed by atoms with Gasteiger partial charge in [-0.1, -0.05) is 76.8 Å². The Balaban J connectivity index is 2.10. The maximum atomic E-state index is 9.84. The molecule has 0 saturated heterocycles. The van der Waals surface area contributed by atoms with Gasteiger partial charge in [-0.3, -0.25) is 0 Å². The van der Waals surface area contributed by atoms with Gasteiger partial charge in [-0.25, -0.2) is 0 Å². The van der Waals surface area contributed by atoms with E-state index < -0.39 is 31.0 Å². The average Bonchev–Trinajstić information content (AvgIpc) is 2.81. The lowest BCUT2D eigenvalue weighted by molar-refractivity contribution is -0.130. The molecule has 1 aromatic carbocycles. The summed E-state index contributed by atoms with van der Waals surface area (Å²) in [5, 5.41) is 47.3. The lowest BCUT2D eigenvalue weighted by Gasteiger charge is -2.25. The van der Waals surface area contributed by atoms with E-state index in [4.69, 9.17) is 14.6 Å². The molecule has 32 heavy (non-hydrogen) atoms. The maximum absolute atomic E-state index is 9.84. The van der Waals surface area contributed by atoms with E-state index in [0.29, 0.717) is 6.61 Å².